The fraction of sp³-hybridized carbons (Fsp3) is 0.286. The van der Waals surface area contributed by atoms with Gasteiger partial charge in [0.05, 0.1) is 28.9 Å². The van der Waals surface area contributed by atoms with Gasteiger partial charge < -0.3 is 9.47 Å². The van der Waals surface area contributed by atoms with Gasteiger partial charge in [-0.2, -0.15) is 23.7 Å². The van der Waals surface area contributed by atoms with Gasteiger partial charge in [-0.25, -0.2) is 4.79 Å². The van der Waals surface area contributed by atoms with E-state index in [0.29, 0.717) is 40.0 Å². The molecule has 0 aliphatic heterocycles. The molecule has 8 heteroatoms. The molecule has 0 atom stereocenters. The van der Waals surface area contributed by atoms with Crippen molar-refractivity contribution in [3.63, 3.8) is 0 Å². The van der Waals surface area contributed by atoms with Crippen molar-refractivity contribution in [2.24, 2.45) is 0 Å². The van der Waals surface area contributed by atoms with Crippen LogP contribution in [0.25, 0.3) is 21.9 Å². The highest BCUT2D eigenvalue weighted by Crippen LogP contribution is 2.45. The number of carbonyl (C=O) groups excluding carboxylic acids is 1. The fourth-order valence-electron chi connectivity index (χ4n) is 4.78. The van der Waals surface area contributed by atoms with E-state index in [-0.39, 0.29) is 27.7 Å². The van der Waals surface area contributed by atoms with Crippen molar-refractivity contribution >= 4 is 16.7 Å². The molecule has 0 aromatic heterocycles. The van der Waals surface area contributed by atoms with Crippen LogP contribution < -0.4 is 4.74 Å². The van der Waals surface area contributed by atoms with Gasteiger partial charge in [0.2, 0.25) is 0 Å². The third kappa shape index (κ3) is 6.81. The maximum atomic E-state index is 13.9. The molecule has 4 rings (SSSR count). The average molecular weight is 585 g/mol. The first-order chi connectivity index (χ1) is 20.3. The van der Waals surface area contributed by atoms with E-state index in [9.17, 15) is 28.5 Å². The quantitative estimate of drug-likeness (QED) is 0.160. The summed E-state index contributed by atoms with van der Waals surface area (Å²) in [5.74, 6) is 0.211. The van der Waals surface area contributed by atoms with Gasteiger partial charge >= 0.3 is 12.1 Å². The zero-order valence-corrected chi connectivity index (χ0v) is 24.6. The number of fused-ring (bicyclic) bond motifs is 1. The molecule has 0 unspecified atom stereocenters. The van der Waals surface area contributed by atoms with Crippen molar-refractivity contribution in [1.29, 1.82) is 10.5 Å². The van der Waals surface area contributed by atoms with E-state index in [4.69, 9.17) is 9.47 Å². The van der Waals surface area contributed by atoms with Crippen molar-refractivity contribution in [2.45, 2.75) is 59.1 Å². The number of esters is 1. The number of hydrogen-bond donors (Lipinski definition) is 0. The molecule has 220 valence electrons. The molecule has 5 nitrogen and oxygen atoms in total. The summed E-state index contributed by atoms with van der Waals surface area (Å²) < 4.78 is 53.2. The fourth-order valence-corrected chi connectivity index (χ4v) is 4.78. The van der Waals surface area contributed by atoms with E-state index in [2.05, 4.69) is 0 Å². The molecule has 0 saturated carbocycles. The van der Waals surface area contributed by atoms with Crippen LogP contribution in [-0.2, 0) is 16.3 Å². The summed E-state index contributed by atoms with van der Waals surface area (Å²) in [5, 5.41) is 21.0. The van der Waals surface area contributed by atoms with E-state index in [0.717, 1.165) is 30.5 Å². The Morgan fingerprint density at radius 1 is 0.907 bits per heavy atom. The predicted molar refractivity (Wildman–Crippen MR) is 159 cm³/mol. The highest BCUT2D eigenvalue weighted by molar-refractivity contribution is 6.05. The molecule has 0 spiro atoms. The minimum absolute atomic E-state index is 0.0445. The van der Waals surface area contributed by atoms with Gasteiger partial charge in [0.1, 0.15) is 23.6 Å². The van der Waals surface area contributed by atoms with Crippen molar-refractivity contribution in [3.8, 4) is 34.8 Å². The molecule has 0 N–H and O–H groups in total. The molecule has 43 heavy (non-hydrogen) atoms. The Hall–Kier alpha value is -4.82. The van der Waals surface area contributed by atoms with E-state index < -0.39 is 17.7 Å². The summed E-state index contributed by atoms with van der Waals surface area (Å²) in [6, 6.07) is 19.3. The van der Waals surface area contributed by atoms with E-state index in [1.54, 1.807) is 49.4 Å². The van der Waals surface area contributed by atoms with Crippen LogP contribution in [-0.4, -0.2) is 12.6 Å². The molecule has 0 heterocycles. The number of alkyl halides is 3. The molecule has 0 bridgehead atoms. The second-order valence-electron chi connectivity index (χ2n) is 11.4. The number of nitrogens with zero attached hydrogens (tertiary/aromatic N) is 2. The molecular weight excluding hydrogens is 553 g/mol. The predicted octanol–water partition coefficient (Wildman–Crippen LogP) is 9.62. The summed E-state index contributed by atoms with van der Waals surface area (Å²) in [7, 11) is 0. The summed E-state index contributed by atoms with van der Waals surface area (Å²) >= 11 is 0. The standard InChI is InChI=1S/C35H31F3N2O3/c1-6-7-12-42-33(41)22-8-10-28(11-9-22)43-30-18-26(34(3,4)5)16-24-15-25(19-39)29(20-40)31(32(24)30)23-13-21(2)14-27(17-23)35(36,37)38/h8-11,13-18H,6-7,12H2,1-5H3. The van der Waals surface area contributed by atoms with Gasteiger partial charge in [-0.1, -0.05) is 46.2 Å². The molecule has 0 fully saturated rings. The van der Waals surface area contributed by atoms with Crippen molar-refractivity contribution in [2.75, 3.05) is 6.61 Å². The third-order valence-electron chi connectivity index (χ3n) is 7.04. The monoisotopic (exact) mass is 584 g/mol. The van der Waals surface area contributed by atoms with Crippen LogP contribution in [0.1, 0.15) is 78.7 Å². The smallest absolute Gasteiger partial charge is 0.416 e. The van der Waals surface area contributed by atoms with Gasteiger partial charge in [0, 0.05) is 10.9 Å². The first-order valence-electron chi connectivity index (χ1n) is 13.9. The first-order valence-corrected chi connectivity index (χ1v) is 13.9. The Bertz CT molecular complexity index is 1770. The summed E-state index contributed by atoms with van der Waals surface area (Å²) in [6.45, 7) is 9.88. The highest BCUT2D eigenvalue weighted by atomic mass is 19.4. The van der Waals surface area contributed by atoms with Crippen molar-refractivity contribution in [3.05, 3.63) is 94.0 Å². The van der Waals surface area contributed by atoms with E-state index in [1.807, 2.05) is 45.9 Å². The summed E-state index contributed by atoms with van der Waals surface area (Å²) in [6.07, 6.45) is -2.96. The van der Waals surface area contributed by atoms with Crippen LogP contribution in [0.4, 0.5) is 13.2 Å². The molecule has 0 aliphatic rings. The van der Waals surface area contributed by atoms with Crippen LogP contribution in [0.15, 0.2) is 60.7 Å². The average Bonchev–Trinajstić information content (AvgIpc) is 2.95. The number of carbonyl (C=O) groups is 1. The van der Waals surface area contributed by atoms with Crippen LogP contribution >= 0.6 is 0 Å². The molecule has 0 aliphatic carbocycles. The number of hydrogen-bond acceptors (Lipinski definition) is 5. The molecule has 4 aromatic carbocycles. The van der Waals surface area contributed by atoms with Gasteiger partial charge in [-0.15, -0.1) is 0 Å². The second kappa shape index (κ2) is 12.2. The summed E-state index contributed by atoms with van der Waals surface area (Å²) in [5.41, 5.74) is 0.647. The lowest BCUT2D eigenvalue weighted by molar-refractivity contribution is -0.137. The van der Waals surface area contributed by atoms with Gasteiger partial charge in [-0.3, -0.25) is 0 Å². The summed E-state index contributed by atoms with van der Waals surface area (Å²) in [4.78, 5) is 12.4. The topological polar surface area (TPSA) is 83.1 Å². The number of benzene rings is 4. The van der Waals surface area contributed by atoms with Crippen LogP contribution in [0.3, 0.4) is 0 Å². The molecule has 0 saturated heterocycles. The molecule has 0 amide bonds. The maximum Gasteiger partial charge on any atom is 0.416 e. The normalized spacial score (nSPS) is 11.6. The largest absolute Gasteiger partial charge is 0.462 e. The minimum atomic E-state index is -4.62. The Balaban J connectivity index is 1.98. The van der Waals surface area contributed by atoms with E-state index in [1.165, 1.54) is 0 Å². The van der Waals surface area contributed by atoms with Gasteiger partial charge in [0.25, 0.3) is 0 Å². The third-order valence-corrected chi connectivity index (χ3v) is 7.04. The number of nitriles is 2. The van der Waals surface area contributed by atoms with Crippen LogP contribution in [0.5, 0.6) is 11.5 Å². The molecular formula is C35H31F3N2O3. The second-order valence-corrected chi connectivity index (χ2v) is 11.4. The van der Waals surface area contributed by atoms with E-state index >= 15 is 0 Å². The zero-order valence-electron chi connectivity index (χ0n) is 24.6. The minimum Gasteiger partial charge on any atom is -0.462 e. The zero-order chi connectivity index (χ0) is 31.5. The number of rotatable bonds is 7. The lowest BCUT2D eigenvalue weighted by Crippen LogP contribution is -2.11. The van der Waals surface area contributed by atoms with Crippen molar-refractivity contribution < 1.29 is 27.4 Å². The Kier molecular flexibility index (Phi) is 8.82. The van der Waals surface area contributed by atoms with Gasteiger partial charge in [-0.05, 0) is 89.4 Å². The number of aryl methyl sites for hydroxylation is 1. The van der Waals surface area contributed by atoms with Crippen LogP contribution in [0, 0.1) is 29.6 Å². The Morgan fingerprint density at radius 3 is 2.19 bits per heavy atom. The van der Waals surface area contributed by atoms with Gasteiger partial charge in [0.15, 0.2) is 0 Å². The Morgan fingerprint density at radius 2 is 1.60 bits per heavy atom. The molecule has 0 radical (unpaired) electrons. The lowest BCUT2D eigenvalue weighted by Gasteiger charge is -2.23. The number of unbranched alkanes of at least 4 members (excludes halogenated alkanes) is 1. The SMILES string of the molecule is CCCCOC(=O)c1ccc(Oc2cc(C(C)(C)C)cc3cc(C#N)c(C#N)c(-c4cc(C)cc(C(F)(F)F)c4)c23)cc1. The lowest BCUT2D eigenvalue weighted by atomic mass is 9.82. The molecule has 4 aromatic rings. The Labute approximate surface area is 249 Å². The first kappa shape index (κ1) is 31.1. The maximum absolute atomic E-state index is 13.9. The highest BCUT2D eigenvalue weighted by Gasteiger charge is 2.32. The number of ether oxygens (including phenoxy) is 2. The van der Waals surface area contributed by atoms with Crippen molar-refractivity contribution in [1.82, 2.24) is 0 Å². The van der Waals surface area contributed by atoms with Crippen LogP contribution in [0.2, 0.25) is 0 Å². The number of halogens is 3.